The van der Waals surface area contributed by atoms with Crippen molar-refractivity contribution in [3.63, 3.8) is 0 Å². The van der Waals surface area contributed by atoms with Gasteiger partial charge in [-0.3, -0.25) is 9.59 Å². The van der Waals surface area contributed by atoms with E-state index in [1.54, 1.807) is 18.2 Å². The fourth-order valence-corrected chi connectivity index (χ4v) is 3.63. The Morgan fingerprint density at radius 3 is 2.60 bits per heavy atom. The number of amides is 2. The molecule has 1 fully saturated rings. The molecule has 2 aromatic carbocycles. The number of benzene rings is 2. The third-order valence-electron chi connectivity index (χ3n) is 5.01. The standard InChI is InChI=1S/C22H23ClN2O5/c1-29-19-9-8-16(23)12-18(19)25-13-15(11-20(25)26)21(27)24-17(22(28)30-2)10-14-6-4-3-5-7-14/h3-9,12,15,17H,10-11,13H2,1-2H3,(H,24,27)/t15-,17+/m1/s1. The van der Waals surface area contributed by atoms with Gasteiger partial charge >= 0.3 is 5.97 Å². The molecular formula is C22H23ClN2O5. The molecular weight excluding hydrogens is 408 g/mol. The zero-order valence-corrected chi connectivity index (χ0v) is 17.5. The Balaban J connectivity index is 1.73. The molecule has 0 aromatic heterocycles. The molecule has 0 aliphatic carbocycles. The van der Waals surface area contributed by atoms with Gasteiger partial charge in [0.05, 0.1) is 25.8 Å². The number of esters is 1. The van der Waals surface area contributed by atoms with Gasteiger partial charge in [-0.25, -0.2) is 4.79 Å². The molecule has 1 N–H and O–H groups in total. The van der Waals surface area contributed by atoms with E-state index in [0.29, 0.717) is 22.9 Å². The Kier molecular flexibility index (Phi) is 6.95. The van der Waals surface area contributed by atoms with Gasteiger partial charge in [0.15, 0.2) is 0 Å². The van der Waals surface area contributed by atoms with Crippen LogP contribution in [0.15, 0.2) is 48.5 Å². The monoisotopic (exact) mass is 430 g/mol. The molecule has 0 bridgehead atoms. The highest BCUT2D eigenvalue weighted by atomic mass is 35.5. The van der Waals surface area contributed by atoms with Crippen LogP contribution in [0.1, 0.15) is 12.0 Å². The summed E-state index contributed by atoms with van der Waals surface area (Å²) < 4.78 is 10.2. The number of nitrogens with zero attached hydrogens (tertiary/aromatic N) is 1. The molecule has 7 nitrogen and oxygen atoms in total. The summed E-state index contributed by atoms with van der Waals surface area (Å²) in [4.78, 5) is 39.1. The first-order chi connectivity index (χ1) is 14.4. The predicted octanol–water partition coefficient (Wildman–Crippen LogP) is 2.60. The minimum atomic E-state index is -0.838. The minimum absolute atomic E-state index is 0.0285. The second-order valence-electron chi connectivity index (χ2n) is 7.00. The maximum Gasteiger partial charge on any atom is 0.328 e. The molecule has 1 saturated heterocycles. The first kappa shape index (κ1) is 21.6. The Labute approximate surface area is 179 Å². The first-order valence-electron chi connectivity index (χ1n) is 9.49. The van der Waals surface area contributed by atoms with Crippen molar-refractivity contribution in [1.29, 1.82) is 0 Å². The number of rotatable bonds is 7. The normalized spacial score (nSPS) is 16.8. The van der Waals surface area contributed by atoms with Gasteiger partial charge in [-0.2, -0.15) is 0 Å². The smallest absolute Gasteiger partial charge is 0.328 e. The van der Waals surface area contributed by atoms with E-state index in [2.05, 4.69) is 5.32 Å². The second-order valence-corrected chi connectivity index (χ2v) is 7.43. The zero-order chi connectivity index (χ0) is 21.7. The number of hydrogen-bond donors (Lipinski definition) is 1. The van der Waals surface area contributed by atoms with E-state index in [1.165, 1.54) is 19.1 Å². The first-order valence-corrected chi connectivity index (χ1v) is 9.86. The highest BCUT2D eigenvalue weighted by molar-refractivity contribution is 6.31. The summed E-state index contributed by atoms with van der Waals surface area (Å²) in [6.45, 7) is 0.167. The summed E-state index contributed by atoms with van der Waals surface area (Å²) in [6, 6.07) is 13.5. The van der Waals surface area contributed by atoms with Crippen LogP contribution in [0.4, 0.5) is 5.69 Å². The van der Waals surface area contributed by atoms with Crippen LogP contribution in [-0.2, 0) is 25.5 Å². The Bertz CT molecular complexity index is 934. The fraction of sp³-hybridized carbons (Fsp3) is 0.318. The van der Waals surface area contributed by atoms with E-state index in [1.807, 2.05) is 30.3 Å². The highest BCUT2D eigenvalue weighted by Gasteiger charge is 2.37. The minimum Gasteiger partial charge on any atom is -0.495 e. The van der Waals surface area contributed by atoms with E-state index in [9.17, 15) is 14.4 Å². The van der Waals surface area contributed by atoms with Gasteiger partial charge in [0.25, 0.3) is 0 Å². The second kappa shape index (κ2) is 9.63. The molecule has 8 heteroatoms. The van der Waals surface area contributed by atoms with Crippen molar-refractivity contribution in [1.82, 2.24) is 5.32 Å². The maximum absolute atomic E-state index is 12.9. The lowest BCUT2D eigenvalue weighted by Crippen LogP contribution is -2.46. The third-order valence-corrected chi connectivity index (χ3v) is 5.25. The molecule has 0 unspecified atom stereocenters. The molecule has 2 aromatic rings. The van der Waals surface area contributed by atoms with Gasteiger partial charge < -0.3 is 19.7 Å². The molecule has 0 saturated carbocycles. The topological polar surface area (TPSA) is 84.9 Å². The number of hydrogen-bond acceptors (Lipinski definition) is 5. The number of carbonyl (C=O) groups is 3. The zero-order valence-electron chi connectivity index (χ0n) is 16.8. The number of nitrogens with one attached hydrogen (secondary N) is 1. The molecule has 2 amide bonds. The lowest BCUT2D eigenvalue weighted by Gasteiger charge is -2.21. The Hall–Kier alpha value is -3.06. The molecule has 0 radical (unpaired) electrons. The molecule has 158 valence electrons. The molecule has 30 heavy (non-hydrogen) atoms. The lowest BCUT2D eigenvalue weighted by molar-refractivity contribution is -0.145. The fourth-order valence-electron chi connectivity index (χ4n) is 3.47. The van der Waals surface area contributed by atoms with Crippen molar-refractivity contribution in [3.8, 4) is 5.75 Å². The van der Waals surface area contributed by atoms with E-state index in [4.69, 9.17) is 21.1 Å². The van der Waals surface area contributed by atoms with Gasteiger partial charge in [-0.05, 0) is 23.8 Å². The van der Waals surface area contributed by atoms with Crippen LogP contribution in [0.25, 0.3) is 0 Å². The highest BCUT2D eigenvalue weighted by Crippen LogP contribution is 2.35. The van der Waals surface area contributed by atoms with Gasteiger partial charge in [0, 0.05) is 24.4 Å². The lowest BCUT2D eigenvalue weighted by atomic mass is 10.0. The summed E-state index contributed by atoms with van der Waals surface area (Å²) in [5.41, 5.74) is 1.40. The summed E-state index contributed by atoms with van der Waals surface area (Å²) in [6.07, 6.45) is 0.326. The van der Waals surface area contributed by atoms with Crippen molar-refractivity contribution in [2.75, 3.05) is 25.7 Å². The number of anilines is 1. The average Bonchev–Trinajstić information content (AvgIpc) is 3.15. The SMILES string of the molecule is COC(=O)[C@H](Cc1ccccc1)NC(=O)[C@@H]1CC(=O)N(c2cc(Cl)ccc2OC)C1. The quantitative estimate of drug-likeness (QED) is 0.682. The van der Waals surface area contributed by atoms with E-state index in [-0.39, 0.29) is 24.8 Å². The largest absolute Gasteiger partial charge is 0.495 e. The summed E-state index contributed by atoms with van der Waals surface area (Å²) in [5.74, 6) is -1.24. The molecule has 0 spiro atoms. The number of halogens is 1. The number of carbonyl (C=O) groups excluding carboxylic acids is 3. The van der Waals surface area contributed by atoms with Crippen LogP contribution < -0.4 is 15.0 Å². The Morgan fingerprint density at radius 2 is 1.93 bits per heavy atom. The van der Waals surface area contributed by atoms with Gasteiger partial charge in [-0.1, -0.05) is 41.9 Å². The summed E-state index contributed by atoms with van der Waals surface area (Å²) in [7, 11) is 2.78. The molecule has 1 heterocycles. The van der Waals surface area contributed by atoms with Crippen LogP contribution in [0.3, 0.4) is 0 Å². The summed E-state index contributed by atoms with van der Waals surface area (Å²) in [5, 5.41) is 3.20. The van der Waals surface area contributed by atoms with Crippen molar-refractivity contribution < 1.29 is 23.9 Å². The van der Waals surface area contributed by atoms with E-state index >= 15 is 0 Å². The number of methoxy groups -OCH3 is 2. The average molecular weight is 431 g/mol. The number of ether oxygens (including phenoxy) is 2. The molecule has 1 aliphatic rings. The van der Waals surface area contributed by atoms with E-state index < -0.39 is 17.9 Å². The van der Waals surface area contributed by atoms with Crippen molar-refractivity contribution >= 4 is 35.1 Å². The van der Waals surface area contributed by atoms with Crippen LogP contribution in [-0.4, -0.2) is 44.6 Å². The molecule has 3 rings (SSSR count). The van der Waals surface area contributed by atoms with Gasteiger partial charge in [-0.15, -0.1) is 0 Å². The van der Waals surface area contributed by atoms with Crippen LogP contribution in [0.5, 0.6) is 5.75 Å². The van der Waals surface area contributed by atoms with Gasteiger partial charge in [0.2, 0.25) is 11.8 Å². The van der Waals surface area contributed by atoms with Gasteiger partial charge in [0.1, 0.15) is 11.8 Å². The van der Waals surface area contributed by atoms with Crippen molar-refractivity contribution in [3.05, 3.63) is 59.1 Å². The van der Waals surface area contributed by atoms with E-state index in [0.717, 1.165) is 5.56 Å². The van der Waals surface area contributed by atoms with Crippen molar-refractivity contribution in [2.24, 2.45) is 5.92 Å². The summed E-state index contributed by atoms with van der Waals surface area (Å²) >= 11 is 6.07. The van der Waals surface area contributed by atoms with Crippen LogP contribution in [0.2, 0.25) is 5.02 Å². The van der Waals surface area contributed by atoms with Crippen LogP contribution >= 0.6 is 11.6 Å². The maximum atomic E-state index is 12.9. The Morgan fingerprint density at radius 1 is 1.20 bits per heavy atom. The third kappa shape index (κ3) is 4.91. The predicted molar refractivity (Wildman–Crippen MR) is 113 cm³/mol. The van der Waals surface area contributed by atoms with Crippen LogP contribution in [0, 0.1) is 5.92 Å². The van der Waals surface area contributed by atoms with Crippen molar-refractivity contribution in [2.45, 2.75) is 18.9 Å². The molecule has 1 aliphatic heterocycles. The molecule has 2 atom stereocenters.